The fraction of sp³-hybridized carbons (Fsp3) is 0.278. The molecule has 2 rings (SSSR count). The Morgan fingerprint density at radius 2 is 1.83 bits per heavy atom. The van der Waals surface area contributed by atoms with E-state index in [2.05, 4.69) is 5.32 Å². The predicted molar refractivity (Wildman–Crippen MR) is 96.0 cm³/mol. The van der Waals surface area contributed by atoms with E-state index in [4.69, 9.17) is 21.1 Å². The summed E-state index contributed by atoms with van der Waals surface area (Å²) in [5.74, 6) is 1.07. The first-order valence-electron chi connectivity index (χ1n) is 7.47. The Balaban J connectivity index is 1.94. The summed E-state index contributed by atoms with van der Waals surface area (Å²) in [6, 6.07) is 12.9. The van der Waals surface area contributed by atoms with Gasteiger partial charge < -0.3 is 14.8 Å². The quantitative estimate of drug-likeness (QED) is 0.833. The maximum Gasteiger partial charge on any atom is 0.238 e. The van der Waals surface area contributed by atoms with Crippen LogP contribution in [0.5, 0.6) is 11.5 Å². The molecule has 24 heavy (non-hydrogen) atoms. The lowest BCUT2D eigenvalue weighted by Gasteiger charge is -2.17. The Labute approximate surface area is 147 Å². The number of rotatable bonds is 7. The SMILES string of the molecule is COc1ccc(NC(=O)CN(C)Cc2ccccc2Cl)cc1OC. The van der Waals surface area contributed by atoms with Gasteiger partial charge >= 0.3 is 0 Å². The molecule has 0 atom stereocenters. The molecular formula is C18H21ClN2O3. The third-order valence-electron chi connectivity index (χ3n) is 3.48. The van der Waals surface area contributed by atoms with E-state index in [1.807, 2.05) is 36.2 Å². The van der Waals surface area contributed by atoms with Crippen molar-refractivity contribution in [3.05, 3.63) is 53.1 Å². The number of carbonyl (C=O) groups is 1. The highest BCUT2D eigenvalue weighted by atomic mass is 35.5. The minimum absolute atomic E-state index is 0.114. The van der Waals surface area contributed by atoms with Gasteiger partial charge in [0.15, 0.2) is 11.5 Å². The molecule has 0 unspecified atom stereocenters. The van der Waals surface area contributed by atoms with Crippen molar-refractivity contribution in [1.29, 1.82) is 0 Å². The fourth-order valence-electron chi connectivity index (χ4n) is 2.33. The number of amides is 1. The van der Waals surface area contributed by atoms with Gasteiger partial charge in [0.25, 0.3) is 0 Å². The van der Waals surface area contributed by atoms with E-state index >= 15 is 0 Å². The summed E-state index contributed by atoms with van der Waals surface area (Å²) in [4.78, 5) is 14.1. The van der Waals surface area contributed by atoms with E-state index in [1.54, 1.807) is 32.4 Å². The summed E-state index contributed by atoms with van der Waals surface area (Å²) in [5.41, 5.74) is 1.64. The van der Waals surface area contributed by atoms with Crippen LogP contribution in [0, 0.1) is 0 Å². The molecule has 0 fully saturated rings. The van der Waals surface area contributed by atoms with Gasteiger partial charge in [0.05, 0.1) is 20.8 Å². The first-order valence-corrected chi connectivity index (χ1v) is 7.85. The zero-order valence-corrected chi connectivity index (χ0v) is 14.8. The molecule has 0 aliphatic heterocycles. The van der Waals surface area contributed by atoms with Crippen LogP contribution in [0.2, 0.25) is 5.02 Å². The molecule has 1 amide bonds. The monoisotopic (exact) mass is 348 g/mol. The van der Waals surface area contributed by atoms with E-state index in [0.717, 1.165) is 5.56 Å². The average Bonchev–Trinajstić information content (AvgIpc) is 2.56. The molecule has 0 aliphatic carbocycles. The van der Waals surface area contributed by atoms with Crippen molar-refractivity contribution < 1.29 is 14.3 Å². The number of ether oxygens (including phenoxy) is 2. The molecule has 128 valence electrons. The molecule has 0 bridgehead atoms. The van der Waals surface area contributed by atoms with Gasteiger partial charge in [0, 0.05) is 23.3 Å². The number of methoxy groups -OCH3 is 2. The van der Waals surface area contributed by atoms with Crippen molar-refractivity contribution in [3.63, 3.8) is 0 Å². The number of anilines is 1. The second kappa shape index (κ2) is 8.57. The van der Waals surface area contributed by atoms with Gasteiger partial charge in [-0.3, -0.25) is 9.69 Å². The maximum atomic E-state index is 12.2. The number of nitrogens with one attached hydrogen (secondary N) is 1. The highest BCUT2D eigenvalue weighted by Crippen LogP contribution is 2.29. The van der Waals surface area contributed by atoms with Crippen LogP contribution < -0.4 is 14.8 Å². The van der Waals surface area contributed by atoms with Crippen molar-refractivity contribution in [2.75, 3.05) is 33.1 Å². The van der Waals surface area contributed by atoms with E-state index in [1.165, 1.54) is 0 Å². The van der Waals surface area contributed by atoms with E-state index in [9.17, 15) is 4.79 Å². The van der Waals surface area contributed by atoms with Gasteiger partial charge in [0.1, 0.15) is 0 Å². The minimum atomic E-state index is -0.114. The molecule has 0 spiro atoms. The number of nitrogens with zero attached hydrogens (tertiary/aromatic N) is 1. The van der Waals surface area contributed by atoms with Crippen LogP contribution in [0.3, 0.4) is 0 Å². The van der Waals surface area contributed by atoms with Gasteiger partial charge in [-0.15, -0.1) is 0 Å². The fourth-order valence-corrected chi connectivity index (χ4v) is 2.53. The number of halogens is 1. The standard InChI is InChI=1S/C18H21ClN2O3/c1-21(11-13-6-4-5-7-15(13)19)12-18(22)20-14-8-9-16(23-2)17(10-14)24-3/h4-10H,11-12H2,1-3H3,(H,20,22). The molecule has 6 heteroatoms. The zero-order chi connectivity index (χ0) is 17.5. The van der Waals surface area contributed by atoms with Crippen LogP contribution in [0.15, 0.2) is 42.5 Å². The second-order valence-corrected chi connectivity index (χ2v) is 5.79. The molecule has 0 aromatic heterocycles. The first kappa shape index (κ1) is 18.1. The molecule has 0 heterocycles. The maximum absolute atomic E-state index is 12.2. The average molecular weight is 349 g/mol. The van der Waals surface area contributed by atoms with Gasteiger partial charge in [-0.05, 0) is 30.8 Å². The lowest BCUT2D eigenvalue weighted by molar-refractivity contribution is -0.117. The molecule has 5 nitrogen and oxygen atoms in total. The van der Waals surface area contributed by atoms with Gasteiger partial charge in [-0.1, -0.05) is 29.8 Å². The molecule has 2 aromatic rings. The van der Waals surface area contributed by atoms with Gasteiger partial charge in [-0.25, -0.2) is 0 Å². The second-order valence-electron chi connectivity index (χ2n) is 5.38. The topological polar surface area (TPSA) is 50.8 Å². The summed E-state index contributed by atoms with van der Waals surface area (Å²) in [7, 11) is 5.00. The minimum Gasteiger partial charge on any atom is -0.493 e. The molecule has 0 radical (unpaired) electrons. The summed E-state index contributed by atoms with van der Waals surface area (Å²) in [5, 5.41) is 3.55. The Morgan fingerprint density at radius 3 is 2.50 bits per heavy atom. The third-order valence-corrected chi connectivity index (χ3v) is 3.85. The van der Waals surface area contributed by atoms with Crippen molar-refractivity contribution in [2.45, 2.75) is 6.54 Å². The van der Waals surface area contributed by atoms with Gasteiger partial charge in [0.2, 0.25) is 5.91 Å². The number of benzene rings is 2. The van der Waals surface area contributed by atoms with Crippen LogP contribution in [-0.4, -0.2) is 38.6 Å². The summed E-state index contributed by atoms with van der Waals surface area (Å²) in [6.07, 6.45) is 0. The molecule has 0 aliphatic rings. The van der Waals surface area contributed by atoms with Crippen molar-refractivity contribution in [3.8, 4) is 11.5 Å². The summed E-state index contributed by atoms with van der Waals surface area (Å²) >= 11 is 6.14. The smallest absolute Gasteiger partial charge is 0.238 e. The molecular weight excluding hydrogens is 328 g/mol. The molecule has 0 saturated carbocycles. The number of hydrogen-bond donors (Lipinski definition) is 1. The Kier molecular flexibility index (Phi) is 6.46. The van der Waals surface area contributed by atoms with Crippen molar-refractivity contribution in [2.24, 2.45) is 0 Å². The van der Waals surface area contributed by atoms with Crippen LogP contribution in [-0.2, 0) is 11.3 Å². The highest BCUT2D eigenvalue weighted by molar-refractivity contribution is 6.31. The first-order chi connectivity index (χ1) is 11.5. The predicted octanol–water partition coefficient (Wildman–Crippen LogP) is 3.43. The van der Waals surface area contributed by atoms with E-state index < -0.39 is 0 Å². The normalized spacial score (nSPS) is 10.5. The largest absolute Gasteiger partial charge is 0.493 e. The van der Waals surface area contributed by atoms with Crippen LogP contribution in [0.1, 0.15) is 5.56 Å². The van der Waals surface area contributed by atoms with Crippen LogP contribution >= 0.6 is 11.6 Å². The third kappa shape index (κ3) is 4.88. The lowest BCUT2D eigenvalue weighted by Crippen LogP contribution is -2.29. The molecule has 0 saturated heterocycles. The van der Waals surface area contributed by atoms with E-state index in [-0.39, 0.29) is 12.5 Å². The van der Waals surface area contributed by atoms with Crippen molar-refractivity contribution >= 4 is 23.2 Å². The van der Waals surface area contributed by atoms with Crippen LogP contribution in [0.25, 0.3) is 0 Å². The summed E-state index contributed by atoms with van der Waals surface area (Å²) < 4.78 is 10.4. The number of hydrogen-bond acceptors (Lipinski definition) is 4. The van der Waals surface area contributed by atoms with E-state index in [0.29, 0.717) is 28.8 Å². The van der Waals surface area contributed by atoms with Crippen molar-refractivity contribution in [1.82, 2.24) is 4.90 Å². The molecule has 1 N–H and O–H groups in total. The lowest BCUT2D eigenvalue weighted by atomic mass is 10.2. The van der Waals surface area contributed by atoms with Crippen LogP contribution in [0.4, 0.5) is 5.69 Å². The van der Waals surface area contributed by atoms with Gasteiger partial charge in [-0.2, -0.15) is 0 Å². The highest BCUT2D eigenvalue weighted by Gasteiger charge is 2.11. The zero-order valence-electron chi connectivity index (χ0n) is 14.0. The molecule has 2 aromatic carbocycles. The Bertz CT molecular complexity index is 706. The number of likely N-dealkylation sites (N-methyl/N-ethyl adjacent to an activating group) is 1. The number of carbonyl (C=O) groups excluding carboxylic acids is 1. The Hall–Kier alpha value is -2.24. The summed E-state index contributed by atoms with van der Waals surface area (Å²) in [6.45, 7) is 0.846. The Morgan fingerprint density at radius 1 is 1.12 bits per heavy atom.